The van der Waals surface area contributed by atoms with Gasteiger partial charge in [-0.25, -0.2) is 0 Å². The highest BCUT2D eigenvalue weighted by molar-refractivity contribution is 6.11. The van der Waals surface area contributed by atoms with Crippen LogP contribution in [-0.4, -0.2) is 12.8 Å². The van der Waals surface area contributed by atoms with Gasteiger partial charge in [-0.05, 0) is 148 Å². The summed E-state index contributed by atoms with van der Waals surface area (Å²) in [7, 11) is 0. The maximum Gasteiger partial charge on any atom is 0.0573 e. The van der Waals surface area contributed by atoms with E-state index in [1.54, 1.807) is 6.20 Å². The molecule has 0 unspecified atom stereocenters. The van der Waals surface area contributed by atoms with E-state index in [-0.39, 0.29) is 0 Å². The number of hydrogen-bond acceptors (Lipinski definition) is 2. The first-order valence-electron chi connectivity index (χ1n) is 19.3. The number of aliphatic imine (C=N–C) groups is 1. The number of rotatable bonds is 13. The van der Waals surface area contributed by atoms with Crippen molar-refractivity contribution in [3.8, 4) is 22.3 Å². The van der Waals surface area contributed by atoms with Crippen LogP contribution in [-0.2, 0) is 0 Å². The molecule has 0 amide bonds. The van der Waals surface area contributed by atoms with Crippen molar-refractivity contribution >= 4 is 28.5 Å². The molecule has 0 saturated heterocycles. The lowest BCUT2D eigenvalue weighted by Crippen LogP contribution is -1.94. The third-order valence-corrected chi connectivity index (χ3v) is 8.41. The zero-order valence-electron chi connectivity index (χ0n) is 33.8. The van der Waals surface area contributed by atoms with Gasteiger partial charge in [0.2, 0.25) is 0 Å². The molecule has 0 aromatic heterocycles. The lowest BCUT2D eigenvalue weighted by Gasteiger charge is -2.15. The van der Waals surface area contributed by atoms with Gasteiger partial charge < -0.3 is 5.73 Å². The van der Waals surface area contributed by atoms with Crippen LogP contribution in [0.25, 0.3) is 44.5 Å². The van der Waals surface area contributed by atoms with E-state index < -0.39 is 0 Å². The standard InChI is InChI=1S/C47H50N2.2C2H6/c1-7-12-14-15-20-36(11-5)41-27-43(32-46(31-41)47(24-13-8-2)35(6)10-4)38-23-18-22-37(26-38)42-28-44(39(33-48)19-9-3)30-45(29-42)40-21-16-17-25-49-34-40;2*1-2/h9-24,26-34H,4,7-8,25,48H2,1-3,5-6H3;2*1-2H3/b14-12+,19-9-,20-15-,24-13+,36-11+,39-33+,47-35+;;. The molecule has 1 aliphatic heterocycles. The average Bonchev–Trinajstić information content (AvgIpc) is 3.51. The van der Waals surface area contributed by atoms with Crippen LogP contribution in [0, 0.1) is 0 Å². The third kappa shape index (κ3) is 12.9. The molecule has 1 aliphatic rings. The molecule has 0 atom stereocenters. The largest absolute Gasteiger partial charge is 0.404 e. The van der Waals surface area contributed by atoms with Crippen LogP contribution in [0.5, 0.6) is 0 Å². The Kier molecular flexibility index (Phi) is 20.3. The predicted octanol–water partition coefficient (Wildman–Crippen LogP) is 14.8. The Bertz CT molecular complexity index is 1940. The molecule has 1 heterocycles. The van der Waals surface area contributed by atoms with Gasteiger partial charge in [-0.15, -0.1) is 0 Å². The lowest BCUT2D eigenvalue weighted by molar-refractivity contribution is 1.22. The Morgan fingerprint density at radius 3 is 1.98 bits per heavy atom. The van der Waals surface area contributed by atoms with Crippen molar-refractivity contribution in [3.63, 3.8) is 0 Å². The first kappa shape index (κ1) is 43.7. The average molecular weight is 703 g/mol. The van der Waals surface area contributed by atoms with Gasteiger partial charge in [-0.2, -0.15) is 0 Å². The SMILES string of the molecule is C=C/C(C)=C(\C=C\CC)c1cc(C(/C=C\C=C\CC)=C/C)cc(-c2cccc(-c3cc(C4=CC=CCN=C4)cc(C(/C=C\C)=C/N)c3)c2)c1.CC.CC. The Balaban J connectivity index is 0.00000235. The fraction of sp³-hybridized carbons (Fsp3) is 0.235. The summed E-state index contributed by atoms with van der Waals surface area (Å²) in [6.07, 6.45) is 33.1. The molecular weight excluding hydrogens is 641 g/mol. The van der Waals surface area contributed by atoms with Crippen molar-refractivity contribution in [1.82, 2.24) is 0 Å². The van der Waals surface area contributed by atoms with Crippen molar-refractivity contribution in [3.05, 3.63) is 180 Å². The smallest absolute Gasteiger partial charge is 0.0573 e. The van der Waals surface area contributed by atoms with Crippen LogP contribution in [0.1, 0.15) is 97.4 Å². The molecule has 53 heavy (non-hydrogen) atoms. The maximum atomic E-state index is 6.14. The molecule has 3 aromatic carbocycles. The summed E-state index contributed by atoms with van der Waals surface area (Å²) in [5.41, 5.74) is 20.7. The molecule has 0 radical (unpaired) electrons. The zero-order chi connectivity index (χ0) is 39.0. The minimum Gasteiger partial charge on any atom is -0.404 e. The highest BCUT2D eigenvalue weighted by Gasteiger charge is 2.13. The summed E-state index contributed by atoms with van der Waals surface area (Å²) in [4.78, 5) is 4.57. The summed E-state index contributed by atoms with van der Waals surface area (Å²) in [6.45, 7) is 23.3. The topological polar surface area (TPSA) is 38.4 Å². The Hall–Kier alpha value is -5.47. The summed E-state index contributed by atoms with van der Waals surface area (Å²) >= 11 is 0. The number of hydrogen-bond donors (Lipinski definition) is 1. The minimum atomic E-state index is 0.680. The summed E-state index contributed by atoms with van der Waals surface area (Å²) in [5, 5.41) is 0. The first-order chi connectivity index (χ1) is 26.0. The lowest BCUT2D eigenvalue weighted by atomic mass is 9.89. The van der Waals surface area contributed by atoms with Crippen molar-refractivity contribution in [2.75, 3.05) is 6.54 Å². The Morgan fingerprint density at radius 2 is 1.36 bits per heavy atom. The van der Waals surface area contributed by atoms with Gasteiger partial charge in [-0.3, -0.25) is 4.99 Å². The van der Waals surface area contributed by atoms with Crippen LogP contribution in [0.15, 0.2) is 163 Å². The van der Waals surface area contributed by atoms with E-state index in [9.17, 15) is 0 Å². The molecule has 0 aliphatic carbocycles. The molecule has 2 nitrogen and oxygen atoms in total. The molecule has 276 valence electrons. The van der Waals surface area contributed by atoms with Gasteiger partial charge in [0.25, 0.3) is 0 Å². The second-order valence-corrected chi connectivity index (χ2v) is 11.9. The molecule has 0 bridgehead atoms. The zero-order valence-corrected chi connectivity index (χ0v) is 33.8. The van der Waals surface area contributed by atoms with Crippen molar-refractivity contribution < 1.29 is 0 Å². The van der Waals surface area contributed by atoms with E-state index in [2.05, 4.69) is 167 Å². The predicted molar refractivity (Wildman–Crippen MR) is 242 cm³/mol. The van der Waals surface area contributed by atoms with E-state index in [0.29, 0.717) is 6.54 Å². The van der Waals surface area contributed by atoms with Gasteiger partial charge in [-0.1, -0.05) is 145 Å². The highest BCUT2D eigenvalue weighted by atomic mass is 14.7. The normalized spacial score (nSPS) is 13.8. The van der Waals surface area contributed by atoms with Crippen molar-refractivity contribution in [2.24, 2.45) is 10.7 Å². The number of nitrogens with two attached hydrogens (primary N) is 1. The van der Waals surface area contributed by atoms with Crippen LogP contribution in [0.4, 0.5) is 0 Å². The molecule has 2 heteroatoms. The number of benzene rings is 3. The molecular formula is C51H62N2. The van der Waals surface area contributed by atoms with E-state index in [4.69, 9.17) is 5.73 Å². The van der Waals surface area contributed by atoms with Gasteiger partial charge in [0.1, 0.15) is 0 Å². The summed E-state index contributed by atoms with van der Waals surface area (Å²) in [6, 6.07) is 22.4. The third-order valence-electron chi connectivity index (χ3n) is 8.41. The molecule has 0 fully saturated rings. The minimum absolute atomic E-state index is 0.680. The number of nitrogens with zero attached hydrogens (tertiary/aromatic N) is 1. The van der Waals surface area contributed by atoms with Gasteiger partial charge >= 0.3 is 0 Å². The van der Waals surface area contributed by atoms with E-state index in [1.165, 1.54) is 16.7 Å². The molecule has 0 saturated carbocycles. The Morgan fingerprint density at radius 1 is 0.736 bits per heavy atom. The fourth-order valence-corrected chi connectivity index (χ4v) is 5.74. The van der Waals surface area contributed by atoms with Crippen LogP contribution >= 0.6 is 0 Å². The van der Waals surface area contributed by atoms with E-state index in [0.717, 1.165) is 68.5 Å². The monoisotopic (exact) mass is 702 g/mol. The van der Waals surface area contributed by atoms with E-state index in [1.807, 2.05) is 53.0 Å². The summed E-state index contributed by atoms with van der Waals surface area (Å²) in [5.74, 6) is 0. The maximum absolute atomic E-state index is 6.14. The second-order valence-electron chi connectivity index (χ2n) is 11.9. The first-order valence-corrected chi connectivity index (χ1v) is 19.3. The molecule has 4 rings (SSSR count). The quantitative estimate of drug-likeness (QED) is 0.177. The van der Waals surface area contributed by atoms with Crippen LogP contribution < -0.4 is 5.73 Å². The van der Waals surface area contributed by atoms with Crippen molar-refractivity contribution in [2.45, 2.75) is 75.2 Å². The van der Waals surface area contributed by atoms with E-state index >= 15 is 0 Å². The Labute approximate surface area is 322 Å². The second kappa shape index (κ2) is 24.7. The molecule has 2 N–H and O–H groups in total. The number of allylic oxidation sites excluding steroid dienone is 17. The van der Waals surface area contributed by atoms with Gasteiger partial charge in [0.15, 0.2) is 0 Å². The molecule has 3 aromatic rings. The fourth-order valence-electron chi connectivity index (χ4n) is 5.74. The van der Waals surface area contributed by atoms with Crippen LogP contribution in [0.2, 0.25) is 0 Å². The van der Waals surface area contributed by atoms with Gasteiger partial charge in [0, 0.05) is 12.4 Å². The van der Waals surface area contributed by atoms with Crippen molar-refractivity contribution in [1.29, 1.82) is 0 Å². The summed E-state index contributed by atoms with van der Waals surface area (Å²) < 4.78 is 0. The highest BCUT2D eigenvalue weighted by Crippen LogP contribution is 2.35. The van der Waals surface area contributed by atoms with Gasteiger partial charge in [0.05, 0.1) is 6.54 Å². The van der Waals surface area contributed by atoms with Crippen LogP contribution in [0.3, 0.4) is 0 Å². The molecule has 0 spiro atoms.